The van der Waals surface area contributed by atoms with Crippen molar-refractivity contribution in [1.82, 2.24) is 9.78 Å². The molecular weight excluding hydrogens is 244 g/mol. The highest BCUT2D eigenvalue weighted by molar-refractivity contribution is 9.10. The van der Waals surface area contributed by atoms with E-state index in [1.807, 2.05) is 22.9 Å². The molecule has 2 aromatic rings. The molecule has 0 radical (unpaired) electrons. The van der Waals surface area contributed by atoms with Crippen LogP contribution in [0.5, 0.6) is 5.88 Å². The van der Waals surface area contributed by atoms with Crippen LogP contribution in [0.15, 0.2) is 22.7 Å². The quantitative estimate of drug-likeness (QED) is 0.721. The third-order valence-electron chi connectivity index (χ3n) is 2.49. The molecule has 4 heteroatoms. The zero-order valence-electron chi connectivity index (χ0n) is 7.70. The van der Waals surface area contributed by atoms with Gasteiger partial charge in [-0.05, 0) is 25.1 Å². The van der Waals surface area contributed by atoms with E-state index in [1.54, 1.807) is 0 Å². The van der Waals surface area contributed by atoms with E-state index < -0.39 is 0 Å². The van der Waals surface area contributed by atoms with Crippen molar-refractivity contribution in [3.8, 4) is 5.88 Å². The van der Waals surface area contributed by atoms with E-state index in [0.717, 1.165) is 27.9 Å². The number of ether oxygens (including phenoxy) is 1. The minimum Gasteiger partial charge on any atom is -0.475 e. The summed E-state index contributed by atoms with van der Waals surface area (Å²) >= 11 is 3.43. The van der Waals surface area contributed by atoms with Crippen LogP contribution < -0.4 is 4.74 Å². The van der Waals surface area contributed by atoms with Crippen molar-refractivity contribution in [2.24, 2.45) is 0 Å². The summed E-state index contributed by atoms with van der Waals surface area (Å²) in [6, 6.07) is 6.40. The maximum absolute atomic E-state index is 5.59. The number of rotatable bonds is 0. The van der Waals surface area contributed by atoms with Crippen molar-refractivity contribution in [2.45, 2.75) is 13.0 Å². The van der Waals surface area contributed by atoms with Gasteiger partial charge in [0.1, 0.15) is 6.61 Å². The minimum absolute atomic E-state index is 0.344. The molecule has 1 aromatic carbocycles. The van der Waals surface area contributed by atoms with E-state index >= 15 is 0 Å². The monoisotopic (exact) mass is 252 g/mol. The predicted octanol–water partition coefficient (Wildman–Crippen LogP) is 2.75. The number of hydrogen-bond donors (Lipinski definition) is 0. The van der Waals surface area contributed by atoms with Crippen molar-refractivity contribution in [3.05, 3.63) is 22.7 Å². The summed E-state index contributed by atoms with van der Waals surface area (Å²) in [6.07, 6.45) is 0. The minimum atomic E-state index is 0.344. The van der Waals surface area contributed by atoms with Gasteiger partial charge in [-0.3, -0.25) is 0 Å². The molecule has 1 aromatic heterocycles. The number of aromatic nitrogens is 2. The van der Waals surface area contributed by atoms with Crippen molar-refractivity contribution in [3.63, 3.8) is 0 Å². The highest BCUT2D eigenvalue weighted by atomic mass is 79.9. The smallest absolute Gasteiger partial charge is 0.220 e. The van der Waals surface area contributed by atoms with Gasteiger partial charge >= 0.3 is 0 Å². The normalized spacial score (nSPS) is 19.7. The largest absolute Gasteiger partial charge is 0.475 e. The first-order valence-electron chi connectivity index (χ1n) is 4.56. The van der Waals surface area contributed by atoms with Crippen LogP contribution in [0.25, 0.3) is 10.9 Å². The summed E-state index contributed by atoms with van der Waals surface area (Å²) in [6.45, 7) is 2.84. The first-order chi connectivity index (χ1) is 6.75. The van der Waals surface area contributed by atoms with Crippen LogP contribution >= 0.6 is 15.9 Å². The lowest BCUT2D eigenvalue weighted by atomic mass is 10.2. The van der Waals surface area contributed by atoms with E-state index in [0.29, 0.717) is 6.04 Å². The summed E-state index contributed by atoms with van der Waals surface area (Å²) in [5.41, 5.74) is 0.987. The molecule has 3 rings (SSSR count). The lowest BCUT2D eigenvalue weighted by molar-refractivity contribution is 0.337. The fourth-order valence-electron chi connectivity index (χ4n) is 1.77. The van der Waals surface area contributed by atoms with Gasteiger partial charge in [-0.2, -0.15) is 5.10 Å². The topological polar surface area (TPSA) is 27.1 Å². The molecule has 72 valence electrons. The second-order valence-corrected chi connectivity index (χ2v) is 4.49. The fraction of sp³-hybridized carbons (Fsp3) is 0.300. The Morgan fingerprint density at radius 3 is 3.29 bits per heavy atom. The Bertz CT molecular complexity index is 506. The molecule has 0 N–H and O–H groups in total. The van der Waals surface area contributed by atoms with Crippen LogP contribution in [0.4, 0.5) is 0 Å². The molecule has 14 heavy (non-hydrogen) atoms. The number of halogens is 1. The Labute approximate surface area is 89.8 Å². The molecule has 1 aliphatic heterocycles. The number of hydrogen-bond acceptors (Lipinski definition) is 2. The summed E-state index contributed by atoms with van der Waals surface area (Å²) in [5, 5.41) is 5.59. The first-order valence-corrected chi connectivity index (χ1v) is 5.35. The molecule has 0 saturated heterocycles. The van der Waals surface area contributed by atoms with Crippen molar-refractivity contribution in [1.29, 1.82) is 0 Å². The van der Waals surface area contributed by atoms with E-state index in [1.165, 1.54) is 0 Å². The lowest BCUT2D eigenvalue weighted by Crippen LogP contribution is -2.03. The van der Waals surface area contributed by atoms with Gasteiger partial charge < -0.3 is 4.74 Å². The summed E-state index contributed by atoms with van der Waals surface area (Å²) < 4.78 is 8.59. The van der Waals surface area contributed by atoms with Crippen LogP contribution in [-0.4, -0.2) is 16.4 Å². The van der Waals surface area contributed by atoms with Crippen molar-refractivity contribution < 1.29 is 4.74 Å². The number of nitrogens with zero attached hydrogens (tertiary/aromatic N) is 2. The van der Waals surface area contributed by atoms with Gasteiger partial charge in [0.05, 0.1) is 16.9 Å². The Balaban J connectivity index is 2.34. The summed E-state index contributed by atoms with van der Waals surface area (Å²) in [5.74, 6) is 0.903. The SMILES string of the molecule is C[C@H]1COc2c3ccc(Br)cc3nn21. The molecule has 1 aliphatic rings. The van der Waals surface area contributed by atoms with Gasteiger partial charge in [-0.1, -0.05) is 15.9 Å². The zero-order valence-corrected chi connectivity index (χ0v) is 9.28. The molecular formula is C10H9BrN2O. The fourth-order valence-corrected chi connectivity index (χ4v) is 2.12. The molecule has 0 amide bonds. The van der Waals surface area contributed by atoms with Gasteiger partial charge in [0, 0.05) is 4.47 Å². The van der Waals surface area contributed by atoms with E-state index in [4.69, 9.17) is 4.74 Å². The highest BCUT2D eigenvalue weighted by Gasteiger charge is 2.23. The van der Waals surface area contributed by atoms with Gasteiger partial charge in [-0.15, -0.1) is 0 Å². The third-order valence-corrected chi connectivity index (χ3v) is 2.99. The van der Waals surface area contributed by atoms with Crippen molar-refractivity contribution >= 4 is 26.8 Å². The van der Waals surface area contributed by atoms with E-state index in [9.17, 15) is 0 Å². The summed E-state index contributed by atoms with van der Waals surface area (Å²) in [4.78, 5) is 0. The molecule has 0 unspecified atom stereocenters. The second-order valence-electron chi connectivity index (χ2n) is 3.57. The molecule has 1 atom stereocenters. The van der Waals surface area contributed by atoms with Gasteiger partial charge in [-0.25, -0.2) is 4.68 Å². The highest BCUT2D eigenvalue weighted by Crippen LogP contribution is 2.34. The number of fused-ring (bicyclic) bond motifs is 3. The Kier molecular flexibility index (Phi) is 1.62. The second kappa shape index (κ2) is 2.73. The Morgan fingerprint density at radius 2 is 2.43 bits per heavy atom. The Morgan fingerprint density at radius 1 is 1.57 bits per heavy atom. The van der Waals surface area contributed by atoms with Gasteiger partial charge in [0.25, 0.3) is 0 Å². The molecule has 0 aliphatic carbocycles. The lowest BCUT2D eigenvalue weighted by Gasteiger charge is -1.98. The molecule has 0 saturated carbocycles. The maximum Gasteiger partial charge on any atom is 0.220 e. The average Bonchev–Trinajstić information content (AvgIpc) is 2.66. The molecule has 2 heterocycles. The van der Waals surface area contributed by atoms with Gasteiger partial charge in [0.15, 0.2) is 0 Å². The van der Waals surface area contributed by atoms with Crippen LogP contribution in [0.2, 0.25) is 0 Å². The van der Waals surface area contributed by atoms with E-state index in [2.05, 4.69) is 28.0 Å². The molecule has 0 fully saturated rings. The van der Waals surface area contributed by atoms with Gasteiger partial charge in [0.2, 0.25) is 5.88 Å². The van der Waals surface area contributed by atoms with Crippen LogP contribution in [0, 0.1) is 0 Å². The van der Waals surface area contributed by atoms with Crippen LogP contribution in [-0.2, 0) is 0 Å². The van der Waals surface area contributed by atoms with Crippen LogP contribution in [0.3, 0.4) is 0 Å². The molecule has 0 spiro atoms. The first kappa shape index (κ1) is 8.29. The standard InChI is InChI=1S/C10H9BrN2O/c1-6-5-14-10-8-3-2-7(11)4-9(8)12-13(6)10/h2-4,6H,5H2,1H3/t6-/m0/s1. The van der Waals surface area contributed by atoms with Crippen molar-refractivity contribution in [2.75, 3.05) is 6.61 Å². The predicted molar refractivity (Wildman–Crippen MR) is 57.6 cm³/mol. The van der Waals surface area contributed by atoms with Crippen LogP contribution in [0.1, 0.15) is 13.0 Å². The third kappa shape index (κ3) is 1.00. The maximum atomic E-state index is 5.59. The van der Waals surface area contributed by atoms with E-state index in [-0.39, 0.29) is 0 Å². The average molecular weight is 253 g/mol. The number of benzene rings is 1. The zero-order chi connectivity index (χ0) is 9.71. The molecule has 3 nitrogen and oxygen atoms in total. The molecule has 0 bridgehead atoms. The Hall–Kier alpha value is -1.03. The summed E-state index contributed by atoms with van der Waals surface area (Å²) in [7, 11) is 0.